The molecule has 3 rings (SSSR count). The van der Waals surface area contributed by atoms with E-state index in [1.807, 2.05) is 13.0 Å². The highest BCUT2D eigenvalue weighted by molar-refractivity contribution is 6.32. The van der Waals surface area contributed by atoms with E-state index in [-0.39, 0.29) is 12.4 Å². The fourth-order valence-electron chi connectivity index (χ4n) is 2.64. The van der Waals surface area contributed by atoms with E-state index >= 15 is 0 Å². The number of halogens is 1. The first-order valence-corrected chi connectivity index (χ1v) is 8.51. The number of nitrogens with zero attached hydrogens (tertiary/aromatic N) is 1. The van der Waals surface area contributed by atoms with Crippen LogP contribution >= 0.6 is 11.6 Å². The van der Waals surface area contributed by atoms with Crippen molar-refractivity contribution in [2.24, 2.45) is 0 Å². The van der Waals surface area contributed by atoms with Crippen molar-refractivity contribution in [1.82, 2.24) is 0 Å². The minimum Gasteiger partial charge on any atom is -0.491 e. The third-order valence-corrected chi connectivity index (χ3v) is 4.13. The summed E-state index contributed by atoms with van der Waals surface area (Å²) in [4.78, 5) is 12.7. The molecular formula is C20H16ClNO5. The van der Waals surface area contributed by atoms with E-state index in [1.165, 1.54) is 13.2 Å². The second kappa shape index (κ2) is 8.02. The number of hydrogen-bond donors (Lipinski definition) is 0. The molecule has 1 aliphatic heterocycles. The molecule has 1 heterocycles. The third-order valence-electron chi connectivity index (χ3n) is 3.85. The van der Waals surface area contributed by atoms with E-state index in [4.69, 9.17) is 30.5 Å². The van der Waals surface area contributed by atoms with Crippen molar-refractivity contribution in [3.8, 4) is 29.1 Å². The summed E-state index contributed by atoms with van der Waals surface area (Å²) in [6.07, 6.45) is 1.46. The molecule has 138 valence electrons. The van der Waals surface area contributed by atoms with Crippen molar-refractivity contribution in [1.29, 1.82) is 5.26 Å². The topological polar surface area (TPSA) is 77.8 Å². The Bertz CT molecular complexity index is 962. The van der Waals surface area contributed by atoms with E-state index in [1.54, 1.807) is 30.3 Å². The van der Waals surface area contributed by atoms with Gasteiger partial charge in [0.05, 0.1) is 18.7 Å². The normalized spacial score (nSPS) is 12.4. The molecule has 0 N–H and O–H groups in total. The number of fused-ring (bicyclic) bond motifs is 1. The van der Waals surface area contributed by atoms with Crippen molar-refractivity contribution >= 4 is 23.5 Å². The van der Waals surface area contributed by atoms with Crippen LogP contribution in [0, 0.1) is 11.3 Å². The summed E-state index contributed by atoms with van der Waals surface area (Å²) < 4.78 is 21.3. The van der Waals surface area contributed by atoms with Crippen molar-refractivity contribution in [2.45, 2.75) is 6.92 Å². The zero-order chi connectivity index (χ0) is 19.4. The SMILES string of the molecule is CCOc1cc(/C=C(/C#N)C(=O)c2ccc3c(c2)OCO3)cc(Cl)c1OC. The molecular weight excluding hydrogens is 370 g/mol. The van der Waals surface area contributed by atoms with Crippen molar-refractivity contribution in [3.63, 3.8) is 0 Å². The van der Waals surface area contributed by atoms with Crippen LogP contribution in [-0.4, -0.2) is 26.3 Å². The molecule has 0 unspecified atom stereocenters. The average molecular weight is 386 g/mol. The highest BCUT2D eigenvalue weighted by atomic mass is 35.5. The summed E-state index contributed by atoms with van der Waals surface area (Å²) >= 11 is 6.23. The van der Waals surface area contributed by atoms with Gasteiger partial charge in [0.25, 0.3) is 0 Å². The number of carbonyl (C=O) groups is 1. The lowest BCUT2D eigenvalue weighted by molar-refractivity contribution is 0.103. The van der Waals surface area contributed by atoms with Gasteiger partial charge in [0.15, 0.2) is 23.0 Å². The summed E-state index contributed by atoms with van der Waals surface area (Å²) in [6.45, 7) is 2.36. The lowest BCUT2D eigenvalue weighted by Crippen LogP contribution is -2.02. The van der Waals surface area contributed by atoms with Gasteiger partial charge in [0.2, 0.25) is 12.6 Å². The molecule has 0 spiro atoms. The first-order chi connectivity index (χ1) is 13.1. The fraction of sp³-hybridized carbons (Fsp3) is 0.200. The second-order valence-electron chi connectivity index (χ2n) is 5.53. The Labute approximate surface area is 161 Å². The van der Waals surface area contributed by atoms with Gasteiger partial charge < -0.3 is 18.9 Å². The Morgan fingerprint density at radius 1 is 1.30 bits per heavy atom. The van der Waals surface area contributed by atoms with Crippen LogP contribution in [0.3, 0.4) is 0 Å². The summed E-state index contributed by atoms with van der Waals surface area (Å²) in [5.41, 5.74) is 0.837. The van der Waals surface area contributed by atoms with Gasteiger partial charge in [-0.3, -0.25) is 4.79 Å². The third kappa shape index (κ3) is 3.83. The minimum atomic E-state index is -0.430. The van der Waals surface area contributed by atoms with Gasteiger partial charge >= 0.3 is 0 Å². The van der Waals surface area contributed by atoms with Crippen LogP contribution in [0.1, 0.15) is 22.8 Å². The maximum Gasteiger partial charge on any atom is 0.231 e. The lowest BCUT2D eigenvalue weighted by atomic mass is 10.0. The van der Waals surface area contributed by atoms with E-state index in [0.717, 1.165) is 0 Å². The maximum absolute atomic E-state index is 12.7. The average Bonchev–Trinajstić information content (AvgIpc) is 3.13. The van der Waals surface area contributed by atoms with Gasteiger partial charge in [-0.15, -0.1) is 0 Å². The summed E-state index contributed by atoms with van der Waals surface area (Å²) in [7, 11) is 1.49. The number of benzene rings is 2. The Kier molecular flexibility index (Phi) is 5.53. The monoisotopic (exact) mass is 385 g/mol. The number of methoxy groups -OCH3 is 1. The highest BCUT2D eigenvalue weighted by Crippen LogP contribution is 2.37. The molecule has 0 fully saturated rings. The maximum atomic E-state index is 12.7. The zero-order valence-corrected chi connectivity index (χ0v) is 15.5. The van der Waals surface area contributed by atoms with Crippen LogP contribution in [0.15, 0.2) is 35.9 Å². The Balaban J connectivity index is 1.96. The van der Waals surface area contributed by atoms with Crippen LogP contribution < -0.4 is 18.9 Å². The van der Waals surface area contributed by atoms with Crippen molar-refractivity contribution < 1.29 is 23.7 Å². The van der Waals surface area contributed by atoms with Gasteiger partial charge in [-0.05, 0) is 48.9 Å². The fourth-order valence-corrected chi connectivity index (χ4v) is 2.94. The Morgan fingerprint density at radius 3 is 2.78 bits per heavy atom. The smallest absolute Gasteiger partial charge is 0.231 e. The van der Waals surface area contributed by atoms with Gasteiger partial charge in [-0.25, -0.2) is 0 Å². The number of Topliss-reactive ketones (excluding diaryl/α,β-unsaturated/α-hetero) is 1. The number of rotatable bonds is 6. The van der Waals surface area contributed by atoms with Crippen LogP contribution in [0.4, 0.5) is 0 Å². The molecule has 0 radical (unpaired) electrons. The number of ether oxygens (including phenoxy) is 4. The molecule has 7 heteroatoms. The number of hydrogen-bond acceptors (Lipinski definition) is 6. The molecule has 27 heavy (non-hydrogen) atoms. The standard InChI is InChI=1S/C20H16ClNO5/c1-3-25-18-8-12(7-15(21)20(18)24-2)6-14(10-22)19(23)13-4-5-16-17(9-13)27-11-26-16/h4-9H,3,11H2,1-2H3/b14-6-. The molecule has 2 aromatic carbocycles. The van der Waals surface area contributed by atoms with Crippen LogP contribution in [0.5, 0.6) is 23.0 Å². The predicted octanol–water partition coefficient (Wildman–Crippen LogP) is 4.27. The van der Waals surface area contributed by atoms with Gasteiger partial charge in [0.1, 0.15) is 11.6 Å². The van der Waals surface area contributed by atoms with Crippen molar-refractivity contribution in [3.05, 3.63) is 52.1 Å². The number of carbonyl (C=O) groups excluding carboxylic acids is 1. The molecule has 6 nitrogen and oxygen atoms in total. The molecule has 0 bridgehead atoms. The predicted molar refractivity (Wildman–Crippen MR) is 99.7 cm³/mol. The van der Waals surface area contributed by atoms with E-state index < -0.39 is 5.78 Å². The molecule has 0 atom stereocenters. The molecule has 0 saturated carbocycles. The number of ketones is 1. The van der Waals surface area contributed by atoms with Crippen molar-refractivity contribution in [2.75, 3.05) is 20.5 Å². The lowest BCUT2D eigenvalue weighted by Gasteiger charge is -2.12. The number of nitriles is 1. The highest BCUT2D eigenvalue weighted by Gasteiger charge is 2.19. The second-order valence-corrected chi connectivity index (χ2v) is 5.94. The summed E-state index contributed by atoms with van der Waals surface area (Å²) in [5, 5.41) is 9.79. The van der Waals surface area contributed by atoms with E-state index in [9.17, 15) is 10.1 Å². The first kappa shape index (κ1) is 18.6. The van der Waals surface area contributed by atoms with Crippen LogP contribution in [-0.2, 0) is 0 Å². The van der Waals surface area contributed by atoms with E-state index in [0.29, 0.717) is 45.8 Å². The molecule has 0 aliphatic carbocycles. The van der Waals surface area contributed by atoms with Crippen LogP contribution in [0.2, 0.25) is 5.02 Å². The number of allylic oxidation sites excluding steroid dienone is 1. The Morgan fingerprint density at radius 2 is 2.07 bits per heavy atom. The van der Waals surface area contributed by atoms with Gasteiger partial charge in [-0.1, -0.05) is 11.6 Å². The largest absolute Gasteiger partial charge is 0.491 e. The van der Waals surface area contributed by atoms with Gasteiger partial charge in [0, 0.05) is 5.56 Å². The molecule has 0 saturated heterocycles. The molecule has 1 aliphatic rings. The molecule has 2 aromatic rings. The Hall–Kier alpha value is -3.17. The van der Waals surface area contributed by atoms with Gasteiger partial charge in [-0.2, -0.15) is 5.26 Å². The van der Waals surface area contributed by atoms with E-state index in [2.05, 4.69) is 0 Å². The quantitative estimate of drug-likeness (QED) is 0.420. The minimum absolute atomic E-state index is 0.0439. The molecule has 0 amide bonds. The van der Waals surface area contributed by atoms with Crippen LogP contribution in [0.25, 0.3) is 6.08 Å². The zero-order valence-electron chi connectivity index (χ0n) is 14.7. The summed E-state index contributed by atoms with van der Waals surface area (Å²) in [6, 6.07) is 10.00. The molecule has 0 aromatic heterocycles. The summed E-state index contributed by atoms with van der Waals surface area (Å²) in [5.74, 6) is 1.45. The first-order valence-electron chi connectivity index (χ1n) is 8.13.